The van der Waals surface area contributed by atoms with Crippen LogP contribution in [-0.4, -0.2) is 112 Å². The molecule has 8 rings (SSSR count). The van der Waals surface area contributed by atoms with Crippen LogP contribution in [0, 0.1) is 13.8 Å². The Hall–Kier alpha value is -3.98. The number of likely N-dealkylation sites (N-methyl/N-ethyl adjacent to an activating group) is 1. The highest BCUT2D eigenvalue weighted by molar-refractivity contribution is 7.87. The van der Waals surface area contributed by atoms with Crippen molar-refractivity contribution in [2.45, 2.75) is 83.5 Å². The summed E-state index contributed by atoms with van der Waals surface area (Å²) in [4.78, 5) is 50.1. The molecule has 4 fully saturated rings. The number of nitrogens with zero attached hydrogens (tertiary/aromatic N) is 5. The summed E-state index contributed by atoms with van der Waals surface area (Å²) in [6.45, 7) is 8.60. The molecule has 1 N–H and O–H groups in total. The summed E-state index contributed by atoms with van der Waals surface area (Å²) >= 11 is 0. The zero-order chi connectivity index (χ0) is 37.2. The lowest BCUT2D eigenvalue weighted by molar-refractivity contribution is 0.0732. The van der Waals surface area contributed by atoms with Gasteiger partial charge in [-0.3, -0.25) is 14.5 Å². The molecule has 1 atom stereocenters. The molecule has 1 aromatic heterocycles. The highest BCUT2D eigenvalue weighted by Crippen LogP contribution is 2.43. The summed E-state index contributed by atoms with van der Waals surface area (Å²) in [5.74, 6) is -0.937. The number of methoxy groups -OCH3 is 1. The van der Waals surface area contributed by atoms with Gasteiger partial charge in [-0.2, -0.15) is 12.7 Å². The Morgan fingerprint density at radius 2 is 1.66 bits per heavy atom. The number of benzene rings is 2. The maximum atomic E-state index is 14.2. The van der Waals surface area contributed by atoms with Gasteiger partial charge in [-0.1, -0.05) is 0 Å². The molecule has 2 amide bonds. The molecule has 5 aliphatic rings. The molecular formula is C39H50N6O7S. The molecule has 6 heterocycles. The van der Waals surface area contributed by atoms with E-state index in [0.29, 0.717) is 55.1 Å². The van der Waals surface area contributed by atoms with Gasteiger partial charge in [0.25, 0.3) is 11.8 Å². The number of anilines is 2. The predicted octanol–water partition coefficient (Wildman–Crippen LogP) is 3.58. The van der Waals surface area contributed by atoms with Gasteiger partial charge in [0.05, 0.1) is 36.0 Å². The molecule has 4 saturated heterocycles. The van der Waals surface area contributed by atoms with Crippen molar-refractivity contribution >= 4 is 44.4 Å². The van der Waals surface area contributed by atoms with Gasteiger partial charge < -0.3 is 23.9 Å². The number of fused-ring (bicyclic) bond motifs is 5. The van der Waals surface area contributed by atoms with Crippen molar-refractivity contribution < 1.29 is 27.2 Å². The molecule has 14 heteroatoms. The highest BCUT2D eigenvalue weighted by Gasteiger charge is 2.42. The molecule has 0 aliphatic carbocycles. The maximum absolute atomic E-state index is 14.2. The van der Waals surface area contributed by atoms with E-state index in [1.165, 1.54) is 4.31 Å². The van der Waals surface area contributed by atoms with Gasteiger partial charge in [0.2, 0.25) is 0 Å². The van der Waals surface area contributed by atoms with Crippen molar-refractivity contribution in [3.05, 3.63) is 68.1 Å². The van der Waals surface area contributed by atoms with E-state index in [9.17, 15) is 22.8 Å². The molecule has 13 nitrogen and oxygen atoms in total. The van der Waals surface area contributed by atoms with Gasteiger partial charge in [0.15, 0.2) is 0 Å². The monoisotopic (exact) mass is 746 g/mol. The van der Waals surface area contributed by atoms with Crippen LogP contribution in [0.5, 0.6) is 0 Å². The molecule has 0 saturated carbocycles. The fraction of sp³-hybridized carbons (Fsp3) is 0.564. The van der Waals surface area contributed by atoms with Crippen molar-refractivity contribution in [1.29, 1.82) is 0 Å². The topological polar surface area (TPSA) is 136 Å². The first-order valence-corrected chi connectivity index (χ1v) is 20.5. The summed E-state index contributed by atoms with van der Waals surface area (Å²) in [5.41, 5.74) is 5.87. The van der Waals surface area contributed by atoms with Crippen LogP contribution >= 0.6 is 0 Å². The molecule has 5 aliphatic heterocycles. The lowest BCUT2D eigenvalue weighted by Crippen LogP contribution is -2.53. The first-order chi connectivity index (χ1) is 25.4. The van der Waals surface area contributed by atoms with Crippen LogP contribution in [0.4, 0.5) is 11.4 Å². The lowest BCUT2D eigenvalue weighted by atomic mass is 9.92. The first-order valence-electron chi connectivity index (χ1n) is 19.0. The van der Waals surface area contributed by atoms with E-state index in [0.717, 1.165) is 85.9 Å². The van der Waals surface area contributed by atoms with Gasteiger partial charge >= 0.3 is 15.8 Å². The fourth-order valence-electron chi connectivity index (χ4n) is 9.52. The number of nitrogens with one attached hydrogen (secondary N) is 1. The quantitative estimate of drug-likeness (QED) is 0.341. The van der Waals surface area contributed by atoms with E-state index in [1.54, 1.807) is 30.2 Å². The Morgan fingerprint density at radius 3 is 2.36 bits per heavy atom. The molecular weight excluding hydrogens is 697 g/mol. The summed E-state index contributed by atoms with van der Waals surface area (Å²) in [6, 6.07) is 7.87. The number of amides is 2. The zero-order valence-electron chi connectivity index (χ0n) is 31.2. The molecule has 0 radical (unpaired) electrons. The van der Waals surface area contributed by atoms with E-state index in [-0.39, 0.29) is 36.1 Å². The van der Waals surface area contributed by atoms with Crippen molar-refractivity contribution in [3.8, 4) is 0 Å². The Bertz CT molecular complexity index is 2110. The summed E-state index contributed by atoms with van der Waals surface area (Å²) in [5, 5.41) is 0.946. The first kappa shape index (κ1) is 36.0. The molecule has 3 aromatic rings. The minimum absolute atomic E-state index is 0.116. The molecule has 0 spiro atoms. The van der Waals surface area contributed by atoms with Crippen molar-refractivity contribution in [1.82, 2.24) is 18.8 Å². The number of aryl methyl sites for hydroxylation is 2. The summed E-state index contributed by atoms with van der Waals surface area (Å²) < 4.78 is 41.3. The van der Waals surface area contributed by atoms with Crippen molar-refractivity contribution in [3.63, 3.8) is 0 Å². The average Bonchev–Trinajstić information content (AvgIpc) is 3.93. The van der Waals surface area contributed by atoms with Crippen LogP contribution in [-0.2, 0) is 27.9 Å². The molecule has 2 bridgehead atoms. The number of ether oxygens (including phenoxy) is 1. The second-order valence-electron chi connectivity index (χ2n) is 15.5. The van der Waals surface area contributed by atoms with Gasteiger partial charge in [0.1, 0.15) is 5.58 Å². The number of hydrogen-bond acceptors (Lipinski definition) is 10. The minimum atomic E-state index is -3.98. The van der Waals surface area contributed by atoms with E-state index < -0.39 is 21.7 Å². The number of rotatable bonds is 8. The third-order valence-corrected chi connectivity index (χ3v) is 13.9. The third kappa shape index (κ3) is 6.40. The maximum Gasteiger partial charge on any atom is 0.341 e. The predicted molar refractivity (Wildman–Crippen MR) is 203 cm³/mol. The van der Waals surface area contributed by atoms with Crippen LogP contribution in [0.3, 0.4) is 0 Å². The van der Waals surface area contributed by atoms with E-state index in [2.05, 4.69) is 39.5 Å². The Balaban J connectivity index is 1.08. The Kier molecular flexibility index (Phi) is 9.53. The summed E-state index contributed by atoms with van der Waals surface area (Å²) in [6.07, 6.45) is 6.01. The molecule has 0 unspecified atom stereocenters. The SMILES string of the molecule is COC[C@H]1CN(c2cc(C)c3c4c(c(=O)oc3c2C)CN(C(=O)c2ccc(C(=O)NS(=O)(=O)N3CCCC3)c(N3C5CCC3CC5)c2)CC4)CCN1C. The fourth-order valence-corrected chi connectivity index (χ4v) is 10.7. The van der Waals surface area contributed by atoms with Gasteiger partial charge in [-0.05, 0) is 101 Å². The van der Waals surface area contributed by atoms with Crippen LogP contribution in [0.1, 0.15) is 81.5 Å². The average molecular weight is 747 g/mol. The lowest BCUT2D eigenvalue weighted by Gasteiger charge is -2.41. The second kappa shape index (κ2) is 14.0. The van der Waals surface area contributed by atoms with Crippen LogP contribution < -0.4 is 20.1 Å². The number of carbonyl (C=O) groups excluding carboxylic acids is 2. The second-order valence-corrected chi connectivity index (χ2v) is 17.2. The normalized spacial score (nSPS) is 23.6. The minimum Gasteiger partial charge on any atom is -0.422 e. The largest absolute Gasteiger partial charge is 0.422 e. The van der Waals surface area contributed by atoms with E-state index >= 15 is 0 Å². The highest BCUT2D eigenvalue weighted by atomic mass is 32.2. The Morgan fingerprint density at radius 1 is 0.943 bits per heavy atom. The number of piperazine rings is 1. The smallest absolute Gasteiger partial charge is 0.341 e. The van der Waals surface area contributed by atoms with E-state index in [4.69, 9.17) is 9.15 Å². The van der Waals surface area contributed by atoms with Gasteiger partial charge in [-0.15, -0.1) is 0 Å². The van der Waals surface area contributed by atoms with Gasteiger partial charge in [-0.25, -0.2) is 9.52 Å². The van der Waals surface area contributed by atoms with E-state index in [1.807, 2.05) is 6.92 Å². The zero-order valence-corrected chi connectivity index (χ0v) is 32.0. The molecule has 284 valence electrons. The number of carbonyl (C=O) groups is 2. The standard InChI is InChI=1S/C39H50N6O7S/c1-24-19-33(42-18-17-41(3)29(21-42)23-51-4)25(2)36-35(24)30-13-16-43(22-32(30)39(48)52-36)38(47)26-7-12-31(34(20-26)45-27-8-9-28(45)11-10-27)37(46)40-53(49,50)44-14-5-6-15-44/h7,12,19-20,27-29H,5-6,8-11,13-18,21-23H2,1-4H3,(H,40,46)/t27?,28?,29-/m1/s1. The van der Waals surface area contributed by atoms with Crippen LogP contribution in [0.2, 0.25) is 0 Å². The van der Waals surface area contributed by atoms with Gasteiger partial charge in [0, 0.05) is 80.7 Å². The van der Waals surface area contributed by atoms with Crippen molar-refractivity contribution in [2.75, 3.05) is 69.8 Å². The summed E-state index contributed by atoms with van der Waals surface area (Å²) in [7, 11) is -0.134. The third-order valence-electron chi connectivity index (χ3n) is 12.4. The number of hydrogen-bond donors (Lipinski definition) is 1. The van der Waals surface area contributed by atoms with Crippen LogP contribution in [0.25, 0.3) is 11.0 Å². The Labute approximate surface area is 311 Å². The molecule has 53 heavy (non-hydrogen) atoms. The molecule has 2 aromatic carbocycles. The van der Waals surface area contributed by atoms with Crippen LogP contribution in [0.15, 0.2) is 33.5 Å². The van der Waals surface area contributed by atoms with Crippen molar-refractivity contribution in [2.24, 2.45) is 0 Å².